The van der Waals surface area contributed by atoms with Gasteiger partial charge in [-0.3, -0.25) is 14.5 Å². The molecule has 6 nitrogen and oxygen atoms in total. The van der Waals surface area contributed by atoms with Crippen LogP contribution >= 0.6 is 0 Å². The van der Waals surface area contributed by atoms with E-state index in [-0.39, 0.29) is 11.8 Å². The molecule has 6 heteroatoms. The van der Waals surface area contributed by atoms with Crippen LogP contribution in [0.2, 0.25) is 0 Å². The van der Waals surface area contributed by atoms with Crippen LogP contribution in [0.3, 0.4) is 0 Å². The van der Waals surface area contributed by atoms with Crippen LogP contribution in [0.25, 0.3) is 5.65 Å². The number of rotatable bonds is 6. The van der Waals surface area contributed by atoms with Crippen molar-refractivity contribution in [1.29, 1.82) is 0 Å². The number of benzene rings is 2. The summed E-state index contributed by atoms with van der Waals surface area (Å²) in [5.74, 6) is 0.217. The van der Waals surface area contributed by atoms with Crippen LogP contribution in [-0.2, 0) is 13.0 Å². The lowest BCUT2D eigenvalue weighted by Crippen LogP contribution is -2.31. The molecular weight excluding hydrogens is 402 g/mol. The van der Waals surface area contributed by atoms with Crippen molar-refractivity contribution in [3.05, 3.63) is 101 Å². The van der Waals surface area contributed by atoms with Crippen LogP contribution in [0, 0.1) is 13.8 Å². The van der Waals surface area contributed by atoms with Crippen LogP contribution < -0.4 is 4.74 Å². The van der Waals surface area contributed by atoms with Gasteiger partial charge in [0.05, 0.1) is 11.1 Å². The maximum absolute atomic E-state index is 12.6. The molecule has 0 spiro atoms. The molecule has 160 valence electrons. The molecule has 0 aliphatic carbocycles. The molecule has 0 fully saturated rings. The summed E-state index contributed by atoms with van der Waals surface area (Å²) >= 11 is 0. The Labute approximate surface area is 186 Å². The van der Waals surface area contributed by atoms with E-state index in [9.17, 15) is 9.59 Å². The van der Waals surface area contributed by atoms with Gasteiger partial charge in [-0.05, 0) is 49.2 Å². The number of hydrogen-bond donors (Lipinski definition) is 0. The highest BCUT2D eigenvalue weighted by Gasteiger charge is 2.34. The van der Waals surface area contributed by atoms with E-state index in [0.29, 0.717) is 36.4 Å². The summed E-state index contributed by atoms with van der Waals surface area (Å²) in [4.78, 5) is 31.1. The van der Waals surface area contributed by atoms with Crippen molar-refractivity contribution in [2.24, 2.45) is 0 Å². The molecule has 1 aliphatic heterocycles. The van der Waals surface area contributed by atoms with E-state index in [1.807, 2.05) is 22.7 Å². The lowest BCUT2D eigenvalue weighted by molar-refractivity contribution is 0.0655. The minimum absolute atomic E-state index is 0.239. The zero-order chi connectivity index (χ0) is 22.2. The number of imide groups is 1. The predicted octanol–water partition coefficient (Wildman–Crippen LogP) is 4.37. The van der Waals surface area contributed by atoms with E-state index in [4.69, 9.17) is 4.74 Å². The van der Waals surface area contributed by atoms with E-state index in [1.54, 1.807) is 30.5 Å². The largest absolute Gasteiger partial charge is 0.485 e. The topological polar surface area (TPSA) is 63.9 Å². The number of amides is 2. The number of nitrogens with zero attached hydrogens (tertiary/aromatic N) is 3. The van der Waals surface area contributed by atoms with E-state index in [0.717, 1.165) is 16.9 Å². The Balaban J connectivity index is 1.33. The smallest absolute Gasteiger partial charge is 0.261 e. The minimum atomic E-state index is -0.239. The Kier molecular flexibility index (Phi) is 4.98. The van der Waals surface area contributed by atoms with Crippen LogP contribution in [-0.4, -0.2) is 32.6 Å². The number of pyridine rings is 1. The van der Waals surface area contributed by atoms with Crippen LogP contribution in [0.5, 0.6) is 5.75 Å². The molecule has 0 atom stereocenters. The van der Waals surface area contributed by atoms with Gasteiger partial charge in [-0.2, -0.15) is 0 Å². The van der Waals surface area contributed by atoms with Crippen molar-refractivity contribution in [3.8, 4) is 5.75 Å². The van der Waals surface area contributed by atoms with Gasteiger partial charge in [0.1, 0.15) is 6.61 Å². The Morgan fingerprint density at radius 1 is 0.938 bits per heavy atom. The number of aromatic nitrogens is 2. The number of carbonyl (C=O) groups excluding carboxylic acids is 2. The summed E-state index contributed by atoms with van der Waals surface area (Å²) in [5, 5.41) is 0. The minimum Gasteiger partial charge on any atom is -0.485 e. The van der Waals surface area contributed by atoms with Gasteiger partial charge in [-0.1, -0.05) is 35.9 Å². The molecule has 3 heterocycles. The molecule has 0 saturated heterocycles. The fourth-order valence-electron chi connectivity index (χ4n) is 4.11. The first kappa shape index (κ1) is 20.0. The third-order valence-corrected chi connectivity index (χ3v) is 5.93. The second-order valence-corrected chi connectivity index (χ2v) is 8.09. The first-order valence-corrected chi connectivity index (χ1v) is 10.6. The van der Waals surface area contributed by atoms with Gasteiger partial charge in [-0.25, -0.2) is 4.98 Å². The van der Waals surface area contributed by atoms with Gasteiger partial charge in [0.2, 0.25) is 0 Å². The summed E-state index contributed by atoms with van der Waals surface area (Å²) in [5.41, 5.74) is 6.10. The number of imidazole rings is 1. The molecule has 2 aromatic heterocycles. The molecule has 2 aromatic carbocycles. The van der Waals surface area contributed by atoms with Crippen molar-refractivity contribution in [2.75, 3.05) is 6.54 Å². The molecule has 4 aromatic rings. The average molecular weight is 425 g/mol. The molecule has 0 radical (unpaired) electrons. The van der Waals surface area contributed by atoms with Gasteiger partial charge < -0.3 is 9.14 Å². The molecule has 2 amide bonds. The highest BCUT2D eigenvalue weighted by atomic mass is 16.5. The third-order valence-electron chi connectivity index (χ3n) is 5.93. The normalized spacial score (nSPS) is 13.1. The van der Waals surface area contributed by atoms with Crippen molar-refractivity contribution in [3.63, 3.8) is 0 Å². The summed E-state index contributed by atoms with van der Waals surface area (Å²) in [6, 6.07) is 17.1. The maximum Gasteiger partial charge on any atom is 0.261 e. The monoisotopic (exact) mass is 425 g/mol. The molecule has 0 bridgehead atoms. The SMILES string of the molecule is Cc1ccc(C)c(COc2cccn3c(CCN4C(=O)c5ccccc5C4=O)cnc23)c1. The zero-order valence-corrected chi connectivity index (χ0v) is 18.0. The number of ether oxygens (including phenoxy) is 1. The van der Waals surface area contributed by atoms with E-state index in [1.165, 1.54) is 16.0 Å². The number of carbonyl (C=O) groups is 2. The Morgan fingerprint density at radius 3 is 2.44 bits per heavy atom. The van der Waals surface area contributed by atoms with Crippen LogP contribution in [0.1, 0.15) is 43.1 Å². The molecule has 0 saturated carbocycles. The van der Waals surface area contributed by atoms with Gasteiger partial charge in [0.15, 0.2) is 11.4 Å². The number of hydrogen-bond acceptors (Lipinski definition) is 4. The molecular formula is C26H23N3O3. The molecule has 5 rings (SSSR count). The van der Waals surface area contributed by atoms with Gasteiger partial charge in [0, 0.05) is 31.1 Å². The Bertz CT molecular complexity index is 1320. The summed E-state index contributed by atoms with van der Waals surface area (Å²) < 4.78 is 8.06. The second-order valence-electron chi connectivity index (χ2n) is 8.09. The van der Waals surface area contributed by atoms with Crippen molar-refractivity contribution >= 4 is 17.5 Å². The summed E-state index contributed by atoms with van der Waals surface area (Å²) in [7, 11) is 0. The molecule has 1 aliphatic rings. The highest BCUT2D eigenvalue weighted by Crippen LogP contribution is 2.25. The predicted molar refractivity (Wildman–Crippen MR) is 121 cm³/mol. The maximum atomic E-state index is 12.6. The summed E-state index contributed by atoms with van der Waals surface area (Å²) in [6.07, 6.45) is 4.20. The molecule has 0 N–H and O–H groups in total. The third kappa shape index (κ3) is 3.43. The first-order valence-electron chi connectivity index (χ1n) is 10.6. The summed E-state index contributed by atoms with van der Waals surface area (Å²) in [6.45, 7) is 4.91. The quantitative estimate of drug-likeness (QED) is 0.431. The fourth-order valence-corrected chi connectivity index (χ4v) is 4.11. The van der Waals surface area contributed by atoms with Gasteiger partial charge in [0.25, 0.3) is 11.8 Å². The van der Waals surface area contributed by atoms with Crippen LogP contribution in [0.15, 0.2) is 67.0 Å². The van der Waals surface area contributed by atoms with Crippen LogP contribution in [0.4, 0.5) is 0 Å². The Hall–Kier alpha value is -3.93. The Morgan fingerprint density at radius 2 is 1.69 bits per heavy atom. The van der Waals surface area contributed by atoms with Gasteiger partial charge >= 0.3 is 0 Å². The van der Waals surface area contributed by atoms with Gasteiger partial charge in [-0.15, -0.1) is 0 Å². The average Bonchev–Trinajstić information content (AvgIpc) is 3.32. The first-order chi connectivity index (χ1) is 15.5. The highest BCUT2D eigenvalue weighted by molar-refractivity contribution is 6.21. The van der Waals surface area contributed by atoms with Crippen molar-refractivity contribution in [1.82, 2.24) is 14.3 Å². The standard InChI is InChI=1S/C26H23N3O3/c1-17-9-10-18(2)19(14-17)16-32-23-8-5-12-28-20(15-27-24(23)28)11-13-29-25(30)21-6-3-4-7-22(21)26(29)31/h3-10,12,14-15H,11,13,16H2,1-2H3. The van der Waals surface area contributed by atoms with Crippen molar-refractivity contribution < 1.29 is 14.3 Å². The lowest BCUT2D eigenvalue weighted by atomic mass is 10.1. The number of fused-ring (bicyclic) bond motifs is 2. The van der Waals surface area contributed by atoms with E-state index in [2.05, 4.69) is 37.0 Å². The molecule has 32 heavy (non-hydrogen) atoms. The zero-order valence-electron chi connectivity index (χ0n) is 18.0. The van der Waals surface area contributed by atoms with Crippen molar-refractivity contribution in [2.45, 2.75) is 26.9 Å². The fraction of sp³-hybridized carbons (Fsp3) is 0.192. The van der Waals surface area contributed by atoms with E-state index >= 15 is 0 Å². The molecule has 0 unspecified atom stereocenters. The number of aryl methyl sites for hydroxylation is 2. The van der Waals surface area contributed by atoms with E-state index < -0.39 is 0 Å². The lowest BCUT2D eigenvalue weighted by Gasteiger charge is -2.14. The second kappa shape index (κ2) is 7.96.